The van der Waals surface area contributed by atoms with Crippen molar-refractivity contribution in [1.29, 1.82) is 0 Å². The second kappa shape index (κ2) is 7.15. The molecule has 0 radical (unpaired) electrons. The molecule has 0 amide bonds. The zero-order valence-corrected chi connectivity index (χ0v) is 16.4. The van der Waals surface area contributed by atoms with Gasteiger partial charge in [0, 0.05) is 28.8 Å². The number of nitrogens with one attached hydrogen (secondary N) is 1. The number of ether oxygens (including phenoxy) is 1. The summed E-state index contributed by atoms with van der Waals surface area (Å²) in [6.45, 7) is 5.54. The van der Waals surface area contributed by atoms with Crippen LogP contribution in [-0.2, 0) is 11.3 Å². The lowest BCUT2D eigenvalue weighted by Gasteiger charge is -2.29. The molecule has 1 fully saturated rings. The molecule has 1 aliphatic heterocycles. The number of fused-ring (bicyclic) bond motifs is 1. The van der Waals surface area contributed by atoms with E-state index in [0.29, 0.717) is 6.54 Å². The number of nitrogens with two attached hydrogens (primary N) is 1. The highest BCUT2D eigenvalue weighted by molar-refractivity contribution is 7.09. The summed E-state index contributed by atoms with van der Waals surface area (Å²) in [6.07, 6.45) is 1.85. The van der Waals surface area contributed by atoms with E-state index >= 15 is 0 Å². The monoisotopic (exact) mass is 391 g/mol. The molecule has 4 heterocycles. The van der Waals surface area contributed by atoms with Crippen LogP contribution in [0.2, 0.25) is 5.28 Å². The fourth-order valence-electron chi connectivity index (χ4n) is 3.72. The Labute approximate surface area is 161 Å². The quantitative estimate of drug-likeness (QED) is 0.706. The number of halogens is 1. The van der Waals surface area contributed by atoms with Crippen molar-refractivity contribution in [2.75, 3.05) is 11.9 Å². The molecule has 8 heteroatoms. The smallest absolute Gasteiger partial charge is 0.243 e. The molecule has 0 bridgehead atoms. The number of aromatic nitrogens is 3. The predicted octanol–water partition coefficient (Wildman–Crippen LogP) is 3.85. The Morgan fingerprint density at radius 1 is 1.46 bits per heavy atom. The molecule has 26 heavy (non-hydrogen) atoms. The molecule has 0 spiro atoms. The third kappa shape index (κ3) is 3.09. The highest BCUT2D eigenvalue weighted by atomic mass is 35.5. The number of nitrogens with zero attached hydrogens (tertiary/aromatic N) is 3. The van der Waals surface area contributed by atoms with Crippen LogP contribution in [0.1, 0.15) is 40.6 Å². The van der Waals surface area contributed by atoms with Gasteiger partial charge in [-0.2, -0.15) is 4.98 Å². The molecule has 0 unspecified atom stereocenters. The number of anilines is 1. The first-order chi connectivity index (χ1) is 12.6. The van der Waals surface area contributed by atoms with Crippen LogP contribution in [0, 0.1) is 13.8 Å². The minimum Gasteiger partial charge on any atom is -0.372 e. The molecular formula is C18H22ClN5OS. The van der Waals surface area contributed by atoms with Gasteiger partial charge in [0.1, 0.15) is 5.52 Å². The molecule has 3 aromatic heterocycles. The Balaban J connectivity index is 1.79. The second-order valence-electron chi connectivity index (χ2n) is 6.64. The van der Waals surface area contributed by atoms with Gasteiger partial charge in [0.2, 0.25) is 5.28 Å². The maximum atomic E-state index is 6.35. The van der Waals surface area contributed by atoms with Crippen LogP contribution in [0.3, 0.4) is 0 Å². The lowest BCUT2D eigenvalue weighted by molar-refractivity contribution is -0.000526. The van der Waals surface area contributed by atoms with E-state index in [1.54, 1.807) is 11.3 Å². The molecule has 138 valence electrons. The van der Waals surface area contributed by atoms with E-state index in [-0.39, 0.29) is 17.4 Å². The molecule has 6 nitrogen and oxygen atoms in total. The molecule has 3 N–H and O–H groups in total. The Kier molecular flexibility index (Phi) is 4.88. The standard InChI is InChI=1S/C18H22ClN5OS/c1-10-14(16-13(20)6-3-7-25-16)11(2)24-15(10)17(22-18(19)23-24)21-9-12-5-4-8-26-12/h4-5,8,13,16H,3,6-7,9,20H2,1-2H3,(H,21,22,23)/t13-,16-/m0/s1. The summed E-state index contributed by atoms with van der Waals surface area (Å²) >= 11 is 7.90. The summed E-state index contributed by atoms with van der Waals surface area (Å²) in [7, 11) is 0. The largest absolute Gasteiger partial charge is 0.372 e. The zero-order valence-electron chi connectivity index (χ0n) is 14.8. The van der Waals surface area contributed by atoms with E-state index in [4.69, 9.17) is 22.1 Å². The number of rotatable bonds is 4. The molecule has 2 atom stereocenters. The fourth-order valence-corrected chi connectivity index (χ4v) is 4.53. The van der Waals surface area contributed by atoms with Gasteiger partial charge in [-0.15, -0.1) is 16.4 Å². The first-order valence-corrected chi connectivity index (χ1v) is 10.0. The molecule has 1 saturated heterocycles. The summed E-state index contributed by atoms with van der Waals surface area (Å²) in [5.74, 6) is 0.731. The summed E-state index contributed by atoms with van der Waals surface area (Å²) < 4.78 is 7.88. The van der Waals surface area contributed by atoms with E-state index in [2.05, 4.69) is 33.8 Å². The minimum atomic E-state index is -0.116. The number of thiophene rings is 1. The lowest BCUT2D eigenvalue weighted by Crippen LogP contribution is -2.35. The van der Waals surface area contributed by atoms with Crippen LogP contribution in [0.4, 0.5) is 5.82 Å². The highest BCUT2D eigenvalue weighted by Gasteiger charge is 2.31. The predicted molar refractivity (Wildman–Crippen MR) is 105 cm³/mol. The van der Waals surface area contributed by atoms with E-state index in [9.17, 15) is 0 Å². The Morgan fingerprint density at radius 3 is 3.04 bits per heavy atom. The molecule has 0 aliphatic carbocycles. The van der Waals surface area contributed by atoms with Crippen LogP contribution >= 0.6 is 22.9 Å². The summed E-state index contributed by atoms with van der Waals surface area (Å²) in [5.41, 5.74) is 10.5. The molecule has 3 aromatic rings. The van der Waals surface area contributed by atoms with Crippen molar-refractivity contribution < 1.29 is 4.74 Å². The fraction of sp³-hybridized carbons (Fsp3) is 0.444. The van der Waals surface area contributed by atoms with Crippen molar-refractivity contribution in [3.05, 3.63) is 44.5 Å². The van der Waals surface area contributed by atoms with Crippen molar-refractivity contribution in [1.82, 2.24) is 14.6 Å². The normalized spacial score (nSPS) is 20.6. The average Bonchev–Trinajstić information content (AvgIpc) is 3.22. The Bertz CT molecular complexity index is 924. The van der Waals surface area contributed by atoms with Crippen LogP contribution < -0.4 is 11.1 Å². The summed E-state index contributed by atoms with van der Waals surface area (Å²) in [5, 5.41) is 10.1. The zero-order chi connectivity index (χ0) is 18.3. The molecule has 0 aromatic carbocycles. The minimum absolute atomic E-state index is 0.00970. The third-order valence-electron chi connectivity index (χ3n) is 4.95. The third-order valence-corrected chi connectivity index (χ3v) is 5.99. The molecular weight excluding hydrogens is 370 g/mol. The average molecular weight is 392 g/mol. The van der Waals surface area contributed by atoms with Crippen LogP contribution in [0.5, 0.6) is 0 Å². The maximum Gasteiger partial charge on any atom is 0.243 e. The molecule has 1 aliphatic rings. The van der Waals surface area contributed by atoms with Crippen molar-refractivity contribution in [3.63, 3.8) is 0 Å². The number of hydrogen-bond acceptors (Lipinski definition) is 6. The van der Waals surface area contributed by atoms with Gasteiger partial charge in [0.15, 0.2) is 5.82 Å². The SMILES string of the molecule is Cc1c([C@H]2OCCC[C@@H]2N)c(C)n2nc(Cl)nc(NCc3cccs3)c12. The van der Waals surface area contributed by atoms with Crippen molar-refractivity contribution in [2.45, 2.75) is 45.4 Å². The second-order valence-corrected chi connectivity index (χ2v) is 8.01. The summed E-state index contributed by atoms with van der Waals surface area (Å²) in [4.78, 5) is 5.67. The van der Waals surface area contributed by atoms with Crippen LogP contribution in [0.25, 0.3) is 5.52 Å². The van der Waals surface area contributed by atoms with E-state index in [0.717, 1.165) is 47.6 Å². The lowest BCUT2D eigenvalue weighted by atomic mass is 9.94. The molecule has 0 saturated carbocycles. The number of aryl methyl sites for hydroxylation is 2. The van der Waals surface area contributed by atoms with E-state index < -0.39 is 0 Å². The van der Waals surface area contributed by atoms with E-state index in [1.807, 2.05) is 17.5 Å². The van der Waals surface area contributed by atoms with Gasteiger partial charge < -0.3 is 15.8 Å². The topological polar surface area (TPSA) is 77.5 Å². The van der Waals surface area contributed by atoms with Gasteiger partial charge in [-0.1, -0.05) is 6.07 Å². The van der Waals surface area contributed by atoms with Gasteiger partial charge >= 0.3 is 0 Å². The van der Waals surface area contributed by atoms with Crippen LogP contribution in [-0.4, -0.2) is 27.2 Å². The first-order valence-electron chi connectivity index (χ1n) is 8.75. The van der Waals surface area contributed by atoms with Gasteiger partial charge in [0.05, 0.1) is 12.6 Å². The highest BCUT2D eigenvalue weighted by Crippen LogP contribution is 2.36. The van der Waals surface area contributed by atoms with Gasteiger partial charge in [-0.3, -0.25) is 0 Å². The van der Waals surface area contributed by atoms with Gasteiger partial charge in [-0.25, -0.2) is 4.52 Å². The first kappa shape index (κ1) is 17.7. The Hall–Kier alpha value is -1.67. The van der Waals surface area contributed by atoms with Crippen molar-refractivity contribution >= 4 is 34.3 Å². The van der Waals surface area contributed by atoms with Gasteiger partial charge in [-0.05, 0) is 55.3 Å². The summed E-state index contributed by atoms with van der Waals surface area (Å²) in [6, 6.07) is 4.12. The van der Waals surface area contributed by atoms with Crippen molar-refractivity contribution in [3.8, 4) is 0 Å². The molecule has 4 rings (SSSR count). The van der Waals surface area contributed by atoms with Gasteiger partial charge in [0.25, 0.3) is 0 Å². The number of hydrogen-bond donors (Lipinski definition) is 2. The maximum absolute atomic E-state index is 6.35. The van der Waals surface area contributed by atoms with Crippen molar-refractivity contribution in [2.24, 2.45) is 5.73 Å². The van der Waals surface area contributed by atoms with Crippen LogP contribution in [0.15, 0.2) is 17.5 Å². The Morgan fingerprint density at radius 2 is 2.31 bits per heavy atom. The van der Waals surface area contributed by atoms with E-state index in [1.165, 1.54) is 4.88 Å².